The van der Waals surface area contributed by atoms with Gasteiger partial charge in [0, 0.05) is 18.2 Å². The van der Waals surface area contributed by atoms with Crippen LogP contribution in [-0.4, -0.2) is 32.3 Å². The molecule has 0 saturated heterocycles. The third-order valence-electron chi connectivity index (χ3n) is 2.61. The first kappa shape index (κ1) is 16.4. The van der Waals surface area contributed by atoms with Gasteiger partial charge >= 0.3 is 0 Å². The minimum atomic E-state index is -0.489. The second-order valence-electron chi connectivity index (χ2n) is 5.16. The standard InChI is InChI=1S/C15H22FNO3/c1-10(2)8-20-9-11(3)17-15(18)12-5-6-13(16)14(7-12)19-4/h5-7,10-11H,8-9H2,1-4H3,(H,17,18). The molecule has 0 aliphatic rings. The summed E-state index contributed by atoms with van der Waals surface area (Å²) in [6.07, 6.45) is 0. The molecule has 0 fully saturated rings. The number of carbonyl (C=O) groups excluding carboxylic acids is 1. The molecule has 0 heterocycles. The molecule has 0 aliphatic carbocycles. The zero-order valence-electron chi connectivity index (χ0n) is 12.4. The molecule has 0 radical (unpaired) electrons. The maximum absolute atomic E-state index is 13.3. The molecule has 1 atom stereocenters. The number of carbonyl (C=O) groups is 1. The van der Waals surface area contributed by atoms with Gasteiger partial charge in [0.2, 0.25) is 0 Å². The summed E-state index contributed by atoms with van der Waals surface area (Å²) in [4.78, 5) is 12.0. The minimum Gasteiger partial charge on any atom is -0.494 e. The highest BCUT2D eigenvalue weighted by molar-refractivity contribution is 5.94. The van der Waals surface area contributed by atoms with Crippen LogP contribution in [0.25, 0.3) is 0 Å². The van der Waals surface area contributed by atoms with Crippen molar-refractivity contribution in [3.05, 3.63) is 29.6 Å². The van der Waals surface area contributed by atoms with E-state index in [1.54, 1.807) is 0 Å². The van der Waals surface area contributed by atoms with Crippen LogP contribution >= 0.6 is 0 Å². The van der Waals surface area contributed by atoms with E-state index >= 15 is 0 Å². The average molecular weight is 283 g/mol. The maximum Gasteiger partial charge on any atom is 0.251 e. The Labute approximate surface area is 119 Å². The molecule has 4 nitrogen and oxygen atoms in total. The Balaban J connectivity index is 2.53. The molecule has 0 spiro atoms. The van der Waals surface area contributed by atoms with E-state index in [-0.39, 0.29) is 17.7 Å². The Hall–Kier alpha value is -1.62. The molecule has 0 bridgehead atoms. The molecule has 1 rings (SSSR count). The molecule has 1 aromatic carbocycles. The maximum atomic E-state index is 13.3. The van der Waals surface area contributed by atoms with Crippen LogP contribution in [0.3, 0.4) is 0 Å². The van der Waals surface area contributed by atoms with Gasteiger partial charge in [0.15, 0.2) is 11.6 Å². The second kappa shape index (κ2) is 7.85. The Morgan fingerprint density at radius 3 is 2.60 bits per heavy atom. The van der Waals surface area contributed by atoms with Crippen LogP contribution in [0.2, 0.25) is 0 Å². The van der Waals surface area contributed by atoms with Gasteiger partial charge in [0.05, 0.1) is 13.7 Å². The summed E-state index contributed by atoms with van der Waals surface area (Å²) in [5, 5.41) is 2.80. The number of halogens is 1. The number of hydrogen-bond acceptors (Lipinski definition) is 3. The van der Waals surface area contributed by atoms with E-state index in [0.29, 0.717) is 24.7 Å². The molecule has 1 aromatic rings. The van der Waals surface area contributed by atoms with Gasteiger partial charge in [-0.15, -0.1) is 0 Å². The highest BCUT2D eigenvalue weighted by atomic mass is 19.1. The van der Waals surface area contributed by atoms with Crippen molar-refractivity contribution in [2.75, 3.05) is 20.3 Å². The fourth-order valence-corrected chi connectivity index (χ4v) is 1.63. The van der Waals surface area contributed by atoms with Gasteiger partial charge in [0.25, 0.3) is 5.91 Å². The van der Waals surface area contributed by atoms with Crippen molar-refractivity contribution in [1.29, 1.82) is 0 Å². The van der Waals surface area contributed by atoms with E-state index in [2.05, 4.69) is 19.2 Å². The first-order valence-corrected chi connectivity index (χ1v) is 6.66. The lowest BCUT2D eigenvalue weighted by molar-refractivity contribution is 0.0791. The smallest absolute Gasteiger partial charge is 0.251 e. The highest BCUT2D eigenvalue weighted by Gasteiger charge is 2.12. The third-order valence-corrected chi connectivity index (χ3v) is 2.61. The molecule has 5 heteroatoms. The van der Waals surface area contributed by atoms with E-state index in [1.807, 2.05) is 6.92 Å². The summed E-state index contributed by atoms with van der Waals surface area (Å²) in [6.45, 7) is 7.09. The number of rotatable bonds is 7. The van der Waals surface area contributed by atoms with Crippen LogP contribution in [0.1, 0.15) is 31.1 Å². The molecule has 1 amide bonds. The molecule has 112 valence electrons. The minimum absolute atomic E-state index is 0.0568. The van der Waals surface area contributed by atoms with E-state index in [0.717, 1.165) is 0 Å². The summed E-state index contributed by atoms with van der Waals surface area (Å²) in [6, 6.07) is 3.91. The van der Waals surface area contributed by atoms with E-state index < -0.39 is 5.82 Å². The van der Waals surface area contributed by atoms with Gasteiger partial charge in [0.1, 0.15) is 0 Å². The molecule has 0 aromatic heterocycles. The number of nitrogens with one attached hydrogen (secondary N) is 1. The molecule has 1 N–H and O–H groups in total. The largest absolute Gasteiger partial charge is 0.494 e. The fraction of sp³-hybridized carbons (Fsp3) is 0.533. The van der Waals surface area contributed by atoms with E-state index in [1.165, 1.54) is 25.3 Å². The van der Waals surface area contributed by atoms with Crippen molar-refractivity contribution in [2.24, 2.45) is 5.92 Å². The van der Waals surface area contributed by atoms with Gasteiger partial charge in [-0.3, -0.25) is 4.79 Å². The zero-order valence-corrected chi connectivity index (χ0v) is 12.4. The van der Waals surface area contributed by atoms with Crippen molar-refractivity contribution >= 4 is 5.91 Å². The normalized spacial score (nSPS) is 12.3. The number of ether oxygens (including phenoxy) is 2. The number of amides is 1. The molecular weight excluding hydrogens is 261 g/mol. The molecule has 0 aliphatic heterocycles. The van der Waals surface area contributed by atoms with Gasteiger partial charge in [-0.2, -0.15) is 0 Å². The van der Waals surface area contributed by atoms with Crippen molar-refractivity contribution in [1.82, 2.24) is 5.32 Å². The van der Waals surface area contributed by atoms with Gasteiger partial charge in [-0.25, -0.2) is 4.39 Å². The molecule has 0 saturated carbocycles. The van der Waals surface area contributed by atoms with Crippen molar-refractivity contribution in [3.63, 3.8) is 0 Å². The van der Waals surface area contributed by atoms with Crippen LogP contribution < -0.4 is 10.1 Å². The number of hydrogen-bond donors (Lipinski definition) is 1. The van der Waals surface area contributed by atoms with Crippen LogP contribution in [0, 0.1) is 11.7 Å². The lowest BCUT2D eigenvalue weighted by Gasteiger charge is -2.15. The van der Waals surface area contributed by atoms with Crippen molar-refractivity contribution in [3.8, 4) is 5.75 Å². The molecular formula is C15H22FNO3. The highest BCUT2D eigenvalue weighted by Crippen LogP contribution is 2.18. The van der Waals surface area contributed by atoms with E-state index in [4.69, 9.17) is 9.47 Å². The second-order valence-corrected chi connectivity index (χ2v) is 5.16. The Morgan fingerprint density at radius 1 is 1.30 bits per heavy atom. The SMILES string of the molecule is COc1cc(C(=O)NC(C)COCC(C)C)ccc1F. The summed E-state index contributed by atoms with van der Waals surface area (Å²) < 4.78 is 23.6. The zero-order chi connectivity index (χ0) is 15.1. The van der Waals surface area contributed by atoms with Crippen LogP contribution in [-0.2, 0) is 4.74 Å². The number of benzene rings is 1. The lowest BCUT2D eigenvalue weighted by atomic mass is 10.2. The molecule has 20 heavy (non-hydrogen) atoms. The van der Waals surface area contributed by atoms with Crippen LogP contribution in [0.4, 0.5) is 4.39 Å². The average Bonchev–Trinajstić information content (AvgIpc) is 2.38. The quantitative estimate of drug-likeness (QED) is 0.837. The third kappa shape index (κ3) is 5.17. The van der Waals surface area contributed by atoms with Crippen LogP contribution in [0.15, 0.2) is 18.2 Å². The van der Waals surface area contributed by atoms with Crippen LogP contribution in [0.5, 0.6) is 5.75 Å². The lowest BCUT2D eigenvalue weighted by Crippen LogP contribution is -2.36. The first-order valence-electron chi connectivity index (χ1n) is 6.66. The Morgan fingerprint density at radius 2 is 2.00 bits per heavy atom. The monoisotopic (exact) mass is 283 g/mol. The number of methoxy groups -OCH3 is 1. The summed E-state index contributed by atoms with van der Waals surface area (Å²) >= 11 is 0. The Bertz CT molecular complexity index is 449. The molecule has 1 unspecified atom stereocenters. The van der Waals surface area contributed by atoms with Crippen molar-refractivity contribution < 1.29 is 18.7 Å². The predicted octanol–water partition coefficient (Wildman–Crippen LogP) is 2.63. The first-order chi connectivity index (χ1) is 9.43. The van der Waals surface area contributed by atoms with Gasteiger partial charge in [-0.1, -0.05) is 13.8 Å². The topological polar surface area (TPSA) is 47.6 Å². The van der Waals surface area contributed by atoms with E-state index in [9.17, 15) is 9.18 Å². The predicted molar refractivity (Wildman–Crippen MR) is 75.5 cm³/mol. The van der Waals surface area contributed by atoms with Crippen molar-refractivity contribution in [2.45, 2.75) is 26.8 Å². The van der Waals surface area contributed by atoms with Gasteiger partial charge < -0.3 is 14.8 Å². The Kier molecular flexibility index (Phi) is 6.45. The summed E-state index contributed by atoms with van der Waals surface area (Å²) in [5.41, 5.74) is 0.360. The fourth-order valence-electron chi connectivity index (χ4n) is 1.63. The summed E-state index contributed by atoms with van der Waals surface area (Å²) in [5.74, 6) is -0.248. The van der Waals surface area contributed by atoms with Gasteiger partial charge in [-0.05, 0) is 31.0 Å². The summed E-state index contributed by atoms with van der Waals surface area (Å²) in [7, 11) is 1.36.